The molecule has 0 saturated heterocycles. The number of aromatic nitrogens is 4. The summed E-state index contributed by atoms with van der Waals surface area (Å²) in [5.41, 5.74) is 3.27. The number of fused-ring (bicyclic) bond motifs is 1. The van der Waals surface area contributed by atoms with Crippen molar-refractivity contribution in [3.63, 3.8) is 0 Å². The average molecular weight is 469 g/mol. The van der Waals surface area contributed by atoms with Crippen molar-refractivity contribution in [1.82, 2.24) is 19.7 Å². The molecule has 176 valence electrons. The zero-order valence-corrected chi connectivity index (χ0v) is 19.5. The second-order valence-electron chi connectivity index (χ2n) is 7.91. The Bertz CT molecular complexity index is 1410. The molecular weight excluding hydrogens is 444 g/mol. The lowest BCUT2D eigenvalue weighted by Crippen LogP contribution is -2.31. The van der Waals surface area contributed by atoms with Gasteiger partial charge in [-0.1, -0.05) is 30.3 Å². The van der Waals surface area contributed by atoms with Gasteiger partial charge in [-0.25, -0.2) is 4.68 Å². The summed E-state index contributed by atoms with van der Waals surface area (Å²) in [7, 11) is 3.21. The minimum atomic E-state index is -0.588. The van der Waals surface area contributed by atoms with Crippen LogP contribution < -0.4 is 20.1 Å². The molecule has 2 aromatic heterocycles. The van der Waals surface area contributed by atoms with Crippen molar-refractivity contribution in [2.75, 3.05) is 24.9 Å². The van der Waals surface area contributed by atoms with Crippen molar-refractivity contribution < 1.29 is 14.3 Å². The molecule has 0 unspecified atom stereocenters. The first-order valence-corrected chi connectivity index (χ1v) is 11.0. The third-order valence-electron chi connectivity index (χ3n) is 5.80. The summed E-state index contributed by atoms with van der Waals surface area (Å²) in [5, 5.41) is 11.0. The molecule has 0 spiro atoms. The number of carbonyl (C=O) groups excluding carboxylic acids is 1. The highest BCUT2D eigenvalue weighted by atomic mass is 16.5. The first kappa shape index (κ1) is 22.1. The van der Waals surface area contributed by atoms with Gasteiger partial charge < -0.3 is 20.1 Å². The van der Waals surface area contributed by atoms with Gasteiger partial charge >= 0.3 is 0 Å². The van der Waals surface area contributed by atoms with Gasteiger partial charge in [-0.05, 0) is 37.3 Å². The predicted octanol–water partition coefficient (Wildman–Crippen LogP) is 4.28. The lowest BCUT2D eigenvalue weighted by molar-refractivity contribution is -0.113. The number of carbonyl (C=O) groups is 1. The molecule has 0 bridgehead atoms. The Labute approximate surface area is 202 Å². The summed E-state index contributed by atoms with van der Waals surface area (Å²) in [5.74, 6) is 2.00. The van der Waals surface area contributed by atoms with E-state index in [4.69, 9.17) is 19.6 Å². The molecule has 1 amide bonds. The molecule has 0 fully saturated rings. The largest absolute Gasteiger partial charge is 0.496 e. The molecular formula is C26H24N6O3. The normalized spacial score (nSPS) is 14.7. The van der Waals surface area contributed by atoms with E-state index in [2.05, 4.69) is 15.6 Å². The zero-order valence-electron chi connectivity index (χ0n) is 19.5. The fourth-order valence-electron chi connectivity index (χ4n) is 4.20. The van der Waals surface area contributed by atoms with Gasteiger partial charge in [0.1, 0.15) is 17.5 Å². The lowest BCUT2D eigenvalue weighted by Gasteiger charge is -2.29. The minimum absolute atomic E-state index is 0.279. The predicted molar refractivity (Wildman–Crippen MR) is 132 cm³/mol. The fraction of sp³-hybridized carbons (Fsp3) is 0.154. The third kappa shape index (κ3) is 4.08. The van der Waals surface area contributed by atoms with Crippen molar-refractivity contribution >= 4 is 17.5 Å². The molecule has 5 rings (SSSR count). The minimum Gasteiger partial charge on any atom is -0.496 e. The third-order valence-corrected chi connectivity index (χ3v) is 5.80. The Morgan fingerprint density at radius 1 is 1.00 bits per heavy atom. The quantitative estimate of drug-likeness (QED) is 0.435. The van der Waals surface area contributed by atoms with Crippen molar-refractivity contribution in [3.05, 3.63) is 89.9 Å². The number of allylic oxidation sites excluding steroid dienone is 1. The topological polar surface area (TPSA) is 103 Å². The monoisotopic (exact) mass is 468 g/mol. The summed E-state index contributed by atoms with van der Waals surface area (Å²) in [6.07, 6.45) is 3.25. The van der Waals surface area contributed by atoms with E-state index < -0.39 is 6.04 Å². The Hall–Kier alpha value is -4.66. The highest BCUT2D eigenvalue weighted by Gasteiger charge is 2.36. The van der Waals surface area contributed by atoms with Gasteiger partial charge in [-0.2, -0.15) is 4.98 Å². The number of hydrogen-bond acceptors (Lipinski definition) is 7. The molecule has 0 radical (unpaired) electrons. The number of ether oxygens (including phenoxy) is 2. The molecule has 35 heavy (non-hydrogen) atoms. The summed E-state index contributed by atoms with van der Waals surface area (Å²) in [4.78, 5) is 22.4. The first-order valence-electron chi connectivity index (χ1n) is 11.0. The van der Waals surface area contributed by atoms with E-state index in [1.54, 1.807) is 43.4 Å². The van der Waals surface area contributed by atoms with Gasteiger partial charge in [-0.3, -0.25) is 9.78 Å². The van der Waals surface area contributed by atoms with Crippen LogP contribution >= 0.6 is 0 Å². The number of nitrogens with one attached hydrogen (secondary N) is 2. The second kappa shape index (κ2) is 9.30. The van der Waals surface area contributed by atoms with E-state index in [1.807, 2.05) is 55.5 Å². The first-order chi connectivity index (χ1) is 17.1. The molecule has 2 aromatic carbocycles. The van der Waals surface area contributed by atoms with Crippen LogP contribution in [0.5, 0.6) is 11.5 Å². The molecule has 1 atom stereocenters. The number of para-hydroxylation sites is 2. The van der Waals surface area contributed by atoms with E-state index in [-0.39, 0.29) is 5.91 Å². The maximum absolute atomic E-state index is 13.6. The summed E-state index contributed by atoms with van der Waals surface area (Å²) >= 11 is 0. The number of amides is 1. The van der Waals surface area contributed by atoms with Crippen LogP contribution in [-0.4, -0.2) is 39.9 Å². The van der Waals surface area contributed by atoms with Crippen LogP contribution in [0.25, 0.3) is 11.4 Å². The van der Waals surface area contributed by atoms with Crippen LogP contribution in [0.4, 0.5) is 11.6 Å². The fourth-order valence-corrected chi connectivity index (χ4v) is 4.20. The van der Waals surface area contributed by atoms with Crippen LogP contribution in [0.3, 0.4) is 0 Å². The number of pyridine rings is 1. The zero-order chi connectivity index (χ0) is 24.4. The number of hydrogen-bond donors (Lipinski definition) is 2. The van der Waals surface area contributed by atoms with Gasteiger partial charge in [-0.15, -0.1) is 5.10 Å². The van der Waals surface area contributed by atoms with E-state index in [9.17, 15) is 4.79 Å². The van der Waals surface area contributed by atoms with Crippen molar-refractivity contribution in [3.8, 4) is 22.9 Å². The Morgan fingerprint density at radius 3 is 2.49 bits per heavy atom. The Morgan fingerprint density at radius 2 is 1.74 bits per heavy atom. The van der Waals surface area contributed by atoms with Crippen molar-refractivity contribution in [1.29, 1.82) is 0 Å². The average Bonchev–Trinajstić information content (AvgIpc) is 3.31. The molecule has 2 N–H and O–H groups in total. The summed E-state index contributed by atoms with van der Waals surface area (Å²) in [6, 6.07) is 18.1. The van der Waals surface area contributed by atoms with Gasteiger partial charge in [0.2, 0.25) is 5.95 Å². The van der Waals surface area contributed by atoms with Gasteiger partial charge in [0, 0.05) is 17.5 Å². The molecule has 9 nitrogen and oxygen atoms in total. The molecule has 4 aromatic rings. The molecule has 0 saturated carbocycles. The van der Waals surface area contributed by atoms with Crippen LogP contribution in [-0.2, 0) is 4.79 Å². The lowest BCUT2D eigenvalue weighted by atomic mass is 9.94. The molecule has 1 aliphatic heterocycles. The van der Waals surface area contributed by atoms with E-state index >= 15 is 0 Å². The molecule has 3 heterocycles. The summed E-state index contributed by atoms with van der Waals surface area (Å²) < 4.78 is 12.9. The van der Waals surface area contributed by atoms with E-state index in [0.29, 0.717) is 40.2 Å². The number of methoxy groups -OCH3 is 2. The maximum Gasteiger partial charge on any atom is 0.255 e. The number of nitrogens with zero attached hydrogens (tertiary/aromatic N) is 4. The molecule has 0 aliphatic carbocycles. The smallest absolute Gasteiger partial charge is 0.255 e. The number of anilines is 2. The summed E-state index contributed by atoms with van der Waals surface area (Å²) in [6.45, 7) is 1.85. The highest BCUT2D eigenvalue weighted by molar-refractivity contribution is 6.06. The highest BCUT2D eigenvalue weighted by Crippen LogP contribution is 2.40. The standard InChI is InChI=1S/C26H24N6O3/c1-16-22(25(33)29-17-9-8-14-27-15-17)23(18-10-4-6-12-20(18)34-2)32-26(28-16)30-24(31-32)19-11-5-7-13-21(19)35-3/h4-15,23H,1-3H3,(H,29,33)(H,28,30,31)/t23-/m0/s1. The maximum atomic E-state index is 13.6. The van der Waals surface area contributed by atoms with Crippen LogP contribution in [0, 0.1) is 0 Å². The SMILES string of the molecule is COc1ccccc1-c1nc2n(n1)[C@@H](c1ccccc1OC)C(C(=O)Nc1cccnc1)=C(C)N2. The molecule has 9 heteroatoms. The van der Waals surface area contributed by atoms with Crippen LogP contribution in [0.15, 0.2) is 84.3 Å². The van der Waals surface area contributed by atoms with Crippen LogP contribution in [0.1, 0.15) is 18.5 Å². The Balaban J connectivity index is 1.65. The van der Waals surface area contributed by atoms with Crippen molar-refractivity contribution in [2.45, 2.75) is 13.0 Å². The number of rotatable bonds is 6. The van der Waals surface area contributed by atoms with Crippen molar-refractivity contribution in [2.24, 2.45) is 0 Å². The van der Waals surface area contributed by atoms with Crippen LogP contribution in [0.2, 0.25) is 0 Å². The van der Waals surface area contributed by atoms with E-state index in [1.165, 1.54) is 0 Å². The molecule has 1 aliphatic rings. The van der Waals surface area contributed by atoms with Gasteiger partial charge in [0.05, 0.1) is 37.2 Å². The Kier molecular flexibility index (Phi) is 5.88. The number of benzene rings is 2. The second-order valence-corrected chi connectivity index (χ2v) is 7.91. The van der Waals surface area contributed by atoms with Gasteiger partial charge in [0.15, 0.2) is 5.82 Å². The van der Waals surface area contributed by atoms with Gasteiger partial charge in [0.25, 0.3) is 5.91 Å². The van der Waals surface area contributed by atoms with E-state index in [0.717, 1.165) is 11.1 Å².